The highest BCUT2D eigenvalue weighted by Gasteiger charge is 2.61. The van der Waals surface area contributed by atoms with Crippen LogP contribution in [0.2, 0.25) is 0 Å². The predicted octanol–water partition coefficient (Wildman–Crippen LogP) is 6.11. The standard InChI is InChI=1S/C21H20Cl2O3/c1-21(2)17(12-18(22)23)19(21)20(24)25-13-14-7-6-10-16(11-14)26-15-8-4-3-5-9-15/h3-12,17,19H,13H2,1-2H3/t17-,19-/m0/s1/i3D,4D,5D,8D,9D. The number of ether oxygens (including phenoxy) is 2. The number of carbonyl (C=O) groups excluding carboxylic acids is 1. The average Bonchev–Trinajstić information content (AvgIpc) is 3.25. The Hall–Kier alpha value is -1.97. The SMILES string of the molecule is [2H]c1c([2H])c([2H])c(Oc2cccc(COC(=O)[C@@H]3[C@H](C=C(Cl)Cl)C3(C)C)c2)c([2H])c1[2H]. The summed E-state index contributed by atoms with van der Waals surface area (Å²) < 4.78 is 50.1. The van der Waals surface area contributed by atoms with E-state index in [0.29, 0.717) is 5.56 Å². The highest BCUT2D eigenvalue weighted by atomic mass is 35.5. The molecule has 0 bridgehead atoms. The average molecular weight is 396 g/mol. The Bertz CT molecular complexity index is 1040. The molecule has 0 spiro atoms. The Kier molecular flexibility index (Phi) is 3.93. The van der Waals surface area contributed by atoms with Crippen LogP contribution in [0.1, 0.15) is 26.3 Å². The quantitative estimate of drug-likeness (QED) is 0.553. The summed E-state index contributed by atoms with van der Waals surface area (Å²) in [4.78, 5) is 12.5. The van der Waals surface area contributed by atoms with Gasteiger partial charge in [-0.2, -0.15) is 0 Å². The first kappa shape index (κ1) is 13.2. The maximum Gasteiger partial charge on any atom is 0.310 e. The zero-order valence-corrected chi connectivity index (χ0v) is 15.7. The summed E-state index contributed by atoms with van der Waals surface area (Å²) in [6.07, 6.45) is 1.64. The molecule has 0 aromatic heterocycles. The van der Waals surface area contributed by atoms with Gasteiger partial charge in [0.05, 0.1) is 12.8 Å². The zero-order valence-electron chi connectivity index (χ0n) is 19.2. The first-order valence-electron chi connectivity index (χ1n) is 10.5. The molecule has 1 saturated carbocycles. The molecule has 2 atom stereocenters. The first-order chi connectivity index (χ1) is 14.4. The summed E-state index contributed by atoms with van der Waals surface area (Å²) in [6.45, 7) is 3.87. The van der Waals surface area contributed by atoms with E-state index in [1.54, 1.807) is 30.3 Å². The number of rotatable bonds is 6. The van der Waals surface area contributed by atoms with Crippen LogP contribution in [0.5, 0.6) is 11.5 Å². The van der Waals surface area contributed by atoms with Crippen molar-refractivity contribution in [1.29, 1.82) is 0 Å². The molecule has 0 unspecified atom stereocenters. The Morgan fingerprint density at radius 1 is 1.23 bits per heavy atom. The highest BCUT2D eigenvalue weighted by molar-refractivity contribution is 6.55. The van der Waals surface area contributed by atoms with Gasteiger partial charge in [0.1, 0.15) is 22.6 Å². The minimum Gasteiger partial charge on any atom is -0.461 e. The van der Waals surface area contributed by atoms with Gasteiger partial charge in [-0.05, 0) is 47.2 Å². The van der Waals surface area contributed by atoms with Gasteiger partial charge in [0, 0.05) is 0 Å². The van der Waals surface area contributed by atoms with Crippen molar-refractivity contribution in [2.75, 3.05) is 0 Å². The van der Waals surface area contributed by atoms with Crippen LogP contribution in [0.3, 0.4) is 0 Å². The zero-order chi connectivity index (χ0) is 23.1. The minimum atomic E-state index is -0.491. The van der Waals surface area contributed by atoms with Crippen molar-refractivity contribution in [3.63, 3.8) is 0 Å². The maximum atomic E-state index is 12.5. The maximum absolute atomic E-state index is 12.5. The number of para-hydroxylation sites is 1. The monoisotopic (exact) mass is 395 g/mol. The van der Waals surface area contributed by atoms with E-state index in [9.17, 15) is 4.79 Å². The Labute approximate surface area is 170 Å². The van der Waals surface area contributed by atoms with Gasteiger partial charge in [-0.15, -0.1) is 0 Å². The molecule has 0 amide bonds. The summed E-state index contributed by atoms with van der Waals surface area (Å²) >= 11 is 11.4. The molecule has 2 aromatic carbocycles. The lowest BCUT2D eigenvalue weighted by atomic mass is 10.1. The number of esters is 1. The topological polar surface area (TPSA) is 35.5 Å². The largest absolute Gasteiger partial charge is 0.461 e. The molecule has 0 radical (unpaired) electrons. The van der Waals surface area contributed by atoms with E-state index in [1.807, 2.05) is 13.8 Å². The van der Waals surface area contributed by atoms with Gasteiger partial charge in [-0.25, -0.2) is 0 Å². The van der Waals surface area contributed by atoms with Crippen molar-refractivity contribution in [1.82, 2.24) is 0 Å². The molecule has 0 heterocycles. The van der Waals surface area contributed by atoms with Gasteiger partial charge >= 0.3 is 5.97 Å². The van der Waals surface area contributed by atoms with Gasteiger partial charge in [0.25, 0.3) is 0 Å². The fourth-order valence-electron chi connectivity index (χ4n) is 2.93. The van der Waals surface area contributed by atoms with Crippen LogP contribution in [0.15, 0.2) is 65.0 Å². The van der Waals surface area contributed by atoms with Crippen LogP contribution in [-0.4, -0.2) is 5.97 Å². The molecule has 0 saturated heterocycles. The number of benzene rings is 2. The molecular formula is C21H20Cl2O3. The van der Waals surface area contributed by atoms with Crippen molar-refractivity contribution in [2.45, 2.75) is 20.5 Å². The van der Waals surface area contributed by atoms with E-state index < -0.39 is 30.2 Å². The third-order valence-electron chi connectivity index (χ3n) is 4.45. The summed E-state index contributed by atoms with van der Waals surface area (Å²) in [5.41, 5.74) is 0.331. The van der Waals surface area contributed by atoms with E-state index >= 15 is 0 Å². The second kappa shape index (κ2) is 7.73. The van der Waals surface area contributed by atoms with Gasteiger partial charge in [-0.1, -0.05) is 67.3 Å². The highest BCUT2D eigenvalue weighted by Crippen LogP contribution is 2.60. The number of allylic oxidation sites excluding steroid dienone is 1. The third-order valence-corrected chi connectivity index (χ3v) is 4.70. The van der Waals surface area contributed by atoms with Gasteiger partial charge in [0.15, 0.2) is 0 Å². The Morgan fingerprint density at radius 2 is 1.96 bits per heavy atom. The van der Waals surface area contributed by atoms with E-state index in [2.05, 4.69) is 0 Å². The van der Waals surface area contributed by atoms with Crippen molar-refractivity contribution in [3.8, 4) is 11.5 Å². The summed E-state index contributed by atoms with van der Waals surface area (Å²) in [7, 11) is 0. The normalized spacial score (nSPS) is 22.8. The van der Waals surface area contributed by atoms with Gasteiger partial charge in [0.2, 0.25) is 0 Å². The first-order valence-corrected chi connectivity index (χ1v) is 8.74. The summed E-state index contributed by atoms with van der Waals surface area (Å²) in [5.74, 6) is -0.812. The van der Waals surface area contributed by atoms with E-state index in [1.165, 1.54) is 0 Å². The van der Waals surface area contributed by atoms with Crippen LogP contribution in [-0.2, 0) is 16.1 Å². The lowest BCUT2D eigenvalue weighted by Crippen LogP contribution is -2.10. The summed E-state index contributed by atoms with van der Waals surface area (Å²) in [6, 6.07) is 4.24. The van der Waals surface area contributed by atoms with Gasteiger partial charge < -0.3 is 9.47 Å². The van der Waals surface area contributed by atoms with Crippen molar-refractivity contribution in [3.05, 3.63) is 70.6 Å². The minimum absolute atomic E-state index is 0.00579. The fourth-order valence-corrected chi connectivity index (χ4v) is 3.20. The number of halogens is 2. The predicted molar refractivity (Wildman–Crippen MR) is 103 cm³/mol. The lowest BCUT2D eigenvalue weighted by molar-refractivity contribution is -0.147. The molecule has 26 heavy (non-hydrogen) atoms. The van der Waals surface area contributed by atoms with Crippen LogP contribution >= 0.6 is 23.2 Å². The molecule has 1 aliphatic carbocycles. The second-order valence-corrected chi connectivity index (χ2v) is 7.60. The molecule has 2 aromatic rings. The molecule has 136 valence electrons. The van der Waals surface area contributed by atoms with Crippen LogP contribution in [0, 0.1) is 17.3 Å². The van der Waals surface area contributed by atoms with Crippen LogP contribution < -0.4 is 4.74 Å². The van der Waals surface area contributed by atoms with Crippen LogP contribution in [0.25, 0.3) is 0 Å². The molecule has 3 nitrogen and oxygen atoms in total. The van der Waals surface area contributed by atoms with Crippen molar-refractivity contribution >= 4 is 29.2 Å². The van der Waals surface area contributed by atoms with Crippen LogP contribution in [0.4, 0.5) is 0 Å². The molecule has 5 heteroatoms. The smallest absolute Gasteiger partial charge is 0.310 e. The fraction of sp³-hybridized carbons (Fsp3) is 0.286. The lowest BCUT2D eigenvalue weighted by Gasteiger charge is -2.09. The molecule has 3 rings (SSSR count). The number of hydrogen-bond donors (Lipinski definition) is 0. The molecular weight excluding hydrogens is 371 g/mol. The third kappa shape index (κ3) is 4.40. The number of carbonyl (C=O) groups is 1. The molecule has 0 N–H and O–H groups in total. The molecule has 1 aliphatic rings. The molecule has 1 fully saturated rings. The summed E-state index contributed by atoms with van der Waals surface area (Å²) in [5, 5.41) is 0. The Morgan fingerprint density at radius 3 is 2.65 bits per heavy atom. The number of hydrogen-bond acceptors (Lipinski definition) is 3. The Balaban J connectivity index is 1.71. The second-order valence-electron chi connectivity index (χ2n) is 6.59. The van der Waals surface area contributed by atoms with E-state index in [4.69, 9.17) is 39.5 Å². The van der Waals surface area contributed by atoms with Crippen molar-refractivity contribution < 1.29 is 21.1 Å². The van der Waals surface area contributed by atoms with Gasteiger partial charge in [-0.3, -0.25) is 4.79 Å². The van der Waals surface area contributed by atoms with E-state index in [0.717, 1.165) is 0 Å². The van der Waals surface area contributed by atoms with Crippen molar-refractivity contribution in [2.24, 2.45) is 17.3 Å². The van der Waals surface area contributed by atoms with E-state index in [-0.39, 0.29) is 45.8 Å². The molecule has 0 aliphatic heterocycles.